The Bertz CT molecular complexity index is 797. The molecule has 0 bridgehead atoms. The van der Waals surface area contributed by atoms with E-state index in [1.165, 1.54) is 11.9 Å². The molecule has 4 rings (SSSR count). The summed E-state index contributed by atoms with van der Waals surface area (Å²) >= 11 is 0. The number of nitrogens with zero attached hydrogens (tertiary/aromatic N) is 3. The van der Waals surface area contributed by atoms with E-state index in [9.17, 15) is 5.11 Å². The molecular weight excluding hydrogens is 304 g/mol. The van der Waals surface area contributed by atoms with Crippen LogP contribution in [0.15, 0.2) is 30.7 Å². The lowest BCUT2D eigenvalue weighted by molar-refractivity contribution is -0.211. The van der Waals surface area contributed by atoms with Crippen LogP contribution in [0, 0.1) is 5.41 Å². The van der Waals surface area contributed by atoms with Gasteiger partial charge >= 0.3 is 0 Å². The largest absolute Gasteiger partial charge is 0.383 e. The Morgan fingerprint density at radius 2 is 2.12 bits per heavy atom. The van der Waals surface area contributed by atoms with Crippen molar-refractivity contribution in [1.82, 2.24) is 14.5 Å². The number of ether oxygens (including phenoxy) is 1. The van der Waals surface area contributed by atoms with Gasteiger partial charge in [0.05, 0.1) is 17.5 Å². The van der Waals surface area contributed by atoms with Crippen LogP contribution in [0.1, 0.15) is 45.6 Å². The van der Waals surface area contributed by atoms with Gasteiger partial charge in [0.15, 0.2) is 5.79 Å². The number of fused-ring (bicyclic) bond motifs is 1. The Morgan fingerprint density at radius 1 is 1.38 bits per heavy atom. The Kier molecular flexibility index (Phi) is 3.27. The average Bonchev–Trinajstić information content (AvgIpc) is 2.99. The summed E-state index contributed by atoms with van der Waals surface area (Å²) in [5.74, 6) is -0.671. The monoisotopic (exact) mass is 328 g/mol. The lowest BCUT2D eigenvalue weighted by atomic mass is 9.65. The fourth-order valence-electron chi connectivity index (χ4n) is 4.55. The maximum atomic E-state index is 10.2. The fourth-order valence-corrected chi connectivity index (χ4v) is 4.55. The van der Waals surface area contributed by atoms with Crippen molar-refractivity contribution >= 4 is 16.9 Å². The second-order valence-corrected chi connectivity index (χ2v) is 7.90. The lowest BCUT2D eigenvalue weighted by Gasteiger charge is -2.40. The van der Waals surface area contributed by atoms with Crippen LogP contribution in [-0.4, -0.2) is 31.5 Å². The molecule has 24 heavy (non-hydrogen) atoms. The molecule has 0 amide bonds. The van der Waals surface area contributed by atoms with Crippen molar-refractivity contribution in [3.05, 3.63) is 30.7 Å². The Balaban J connectivity index is 1.72. The van der Waals surface area contributed by atoms with E-state index < -0.39 is 5.79 Å². The summed E-state index contributed by atoms with van der Waals surface area (Å²) in [5, 5.41) is 11.0. The predicted molar refractivity (Wildman–Crippen MR) is 92.2 cm³/mol. The summed E-state index contributed by atoms with van der Waals surface area (Å²) in [6, 6.07) is 2.08. The minimum absolute atomic E-state index is 0.0649. The van der Waals surface area contributed by atoms with Crippen LogP contribution >= 0.6 is 0 Å². The van der Waals surface area contributed by atoms with Gasteiger partial charge in [-0.05, 0) is 51.0 Å². The van der Waals surface area contributed by atoms with Crippen LogP contribution < -0.4 is 5.73 Å². The van der Waals surface area contributed by atoms with Crippen molar-refractivity contribution in [2.24, 2.45) is 5.41 Å². The van der Waals surface area contributed by atoms with Crippen LogP contribution in [0.3, 0.4) is 0 Å². The van der Waals surface area contributed by atoms with Gasteiger partial charge in [0.1, 0.15) is 17.8 Å². The number of anilines is 1. The maximum Gasteiger partial charge on any atom is 0.160 e. The van der Waals surface area contributed by atoms with Gasteiger partial charge in [-0.15, -0.1) is 0 Å². The van der Waals surface area contributed by atoms with Crippen LogP contribution in [0.5, 0.6) is 0 Å². The number of hydrogen-bond donors (Lipinski definition) is 2. The predicted octanol–water partition coefficient (Wildman–Crippen LogP) is 2.80. The topological polar surface area (TPSA) is 86.2 Å². The van der Waals surface area contributed by atoms with E-state index in [0.717, 1.165) is 36.7 Å². The van der Waals surface area contributed by atoms with Crippen molar-refractivity contribution in [2.75, 3.05) is 5.73 Å². The first-order valence-corrected chi connectivity index (χ1v) is 8.40. The number of hydrogen-bond acceptors (Lipinski definition) is 5. The summed E-state index contributed by atoms with van der Waals surface area (Å²) in [6.07, 6.45) is 7.46. The second-order valence-electron chi connectivity index (χ2n) is 7.90. The molecule has 6 nitrogen and oxygen atoms in total. The first-order chi connectivity index (χ1) is 11.3. The third kappa shape index (κ3) is 2.50. The smallest absolute Gasteiger partial charge is 0.160 e. The molecule has 2 aliphatic rings. The minimum Gasteiger partial charge on any atom is -0.383 e. The molecule has 2 aromatic heterocycles. The molecular formula is C18H24N4O2. The van der Waals surface area contributed by atoms with Crippen molar-refractivity contribution < 1.29 is 9.84 Å². The zero-order valence-corrected chi connectivity index (χ0v) is 14.2. The highest BCUT2D eigenvalue weighted by atomic mass is 16.6. The van der Waals surface area contributed by atoms with E-state index in [0.29, 0.717) is 5.82 Å². The van der Waals surface area contributed by atoms with E-state index in [1.807, 2.05) is 12.3 Å². The number of nitrogens with two attached hydrogens (primary N) is 1. The molecule has 3 N–H and O–H groups in total. The van der Waals surface area contributed by atoms with E-state index >= 15 is 0 Å². The zero-order chi connectivity index (χ0) is 17.1. The van der Waals surface area contributed by atoms with E-state index in [4.69, 9.17) is 10.5 Å². The molecule has 0 saturated heterocycles. The van der Waals surface area contributed by atoms with Crippen LogP contribution in [0.25, 0.3) is 11.0 Å². The Morgan fingerprint density at radius 3 is 2.79 bits per heavy atom. The molecule has 0 aromatic carbocycles. The summed E-state index contributed by atoms with van der Waals surface area (Å²) in [6.45, 7) is 7.46. The minimum atomic E-state index is -1.16. The molecule has 6 heteroatoms. The highest BCUT2D eigenvalue weighted by Gasteiger charge is 2.52. The third-order valence-corrected chi connectivity index (χ3v) is 5.29. The standard InChI is InChI=1S/C18H24N4O2/c1-11-6-18(7-11)8-13(14(9-18)24-17(2,3)23)22-5-4-12-15(19)20-10-21-16(12)22/h4-5,10,13-14,23H,1,6-9H2,2-3H3,(H2,19,20,21)/t13-,14-/m1/s1. The van der Waals surface area contributed by atoms with Crippen molar-refractivity contribution in [3.8, 4) is 0 Å². The number of aromatic nitrogens is 3. The first-order valence-electron chi connectivity index (χ1n) is 8.40. The highest BCUT2D eigenvalue weighted by molar-refractivity contribution is 5.86. The normalized spacial score (nSPS) is 26.2. The number of rotatable bonds is 3. The highest BCUT2D eigenvalue weighted by Crippen LogP contribution is 2.59. The van der Waals surface area contributed by atoms with E-state index in [-0.39, 0.29) is 17.6 Å². The molecule has 1 spiro atoms. The molecule has 0 aliphatic heterocycles. The molecule has 2 aliphatic carbocycles. The molecule has 128 valence electrons. The van der Waals surface area contributed by atoms with Gasteiger partial charge < -0.3 is 20.1 Å². The van der Waals surface area contributed by atoms with Crippen LogP contribution in [-0.2, 0) is 4.74 Å². The fraction of sp³-hybridized carbons (Fsp3) is 0.556. The molecule has 0 unspecified atom stereocenters. The quantitative estimate of drug-likeness (QED) is 0.668. The maximum absolute atomic E-state index is 10.2. The van der Waals surface area contributed by atoms with Crippen molar-refractivity contribution in [2.45, 2.75) is 57.5 Å². The van der Waals surface area contributed by atoms with Gasteiger partial charge in [0.2, 0.25) is 0 Å². The van der Waals surface area contributed by atoms with Crippen molar-refractivity contribution in [3.63, 3.8) is 0 Å². The number of aliphatic hydroxyl groups is 1. The van der Waals surface area contributed by atoms with Gasteiger partial charge in [-0.3, -0.25) is 0 Å². The van der Waals surface area contributed by atoms with Gasteiger partial charge in [-0.1, -0.05) is 12.2 Å². The average molecular weight is 328 g/mol. The van der Waals surface area contributed by atoms with Gasteiger partial charge in [0, 0.05) is 6.20 Å². The molecule has 2 heterocycles. The second kappa shape index (κ2) is 5.04. The summed E-state index contributed by atoms with van der Waals surface area (Å²) in [7, 11) is 0. The zero-order valence-electron chi connectivity index (χ0n) is 14.2. The summed E-state index contributed by atoms with van der Waals surface area (Å²) in [4.78, 5) is 8.48. The molecule has 0 radical (unpaired) electrons. The molecule has 2 saturated carbocycles. The Hall–Kier alpha value is -1.92. The first kappa shape index (κ1) is 15.6. The van der Waals surface area contributed by atoms with Crippen LogP contribution in [0.4, 0.5) is 5.82 Å². The van der Waals surface area contributed by atoms with E-state index in [1.54, 1.807) is 13.8 Å². The third-order valence-electron chi connectivity index (χ3n) is 5.29. The summed E-state index contributed by atoms with van der Waals surface area (Å²) < 4.78 is 8.15. The van der Waals surface area contributed by atoms with E-state index in [2.05, 4.69) is 21.1 Å². The summed E-state index contributed by atoms with van der Waals surface area (Å²) in [5.41, 5.74) is 8.34. The van der Waals surface area contributed by atoms with Gasteiger partial charge in [-0.2, -0.15) is 0 Å². The number of allylic oxidation sites excluding steroid dienone is 1. The lowest BCUT2D eigenvalue weighted by Crippen LogP contribution is -2.34. The molecule has 2 aromatic rings. The molecule has 2 fully saturated rings. The Labute approximate surface area is 141 Å². The van der Waals surface area contributed by atoms with Gasteiger partial charge in [0.25, 0.3) is 0 Å². The molecule has 2 atom stereocenters. The van der Waals surface area contributed by atoms with Crippen LogP contribution in [0.2, 0.25) is 0 Å². The van der Waals surface area contributed by atoms with Gasteiger partial charge in [-0.25, -0.2) is 9.97 Å². The SMILES string of the molecule is C=C1CC2(C1)C[C@@H](n1ccc3c(N)ncnc31)[C@H](OC(C)(C)O)C2. The number of nitrogen functional groups attached to an aromatic ring is 1. The van der Waals surface area contributed by atoms with Crippen molar-refractivity contribution in [1.29, 1.82) is 0 Å².